The summed E-state index contributed by atoms with van der Waals surface area (Å²) in [5.74, 6) is -0.0892. The van der Waals surface area contributed by atoms with Crippen LogP contribution in [0, 0.1) is 0 Å². The van der Waals surface area contributed by atoms with Crippen molar-refractivity contribution in [2.45, 2.75) is 6.42 Å². The highest BCUT2D eigenvalue weighted by atomic mass is 16.2. The maximum absolute atomic E-state index is 12.1. The molecule has 1 saturated heterocycles. The molecule has 1 aliphatic heterocycles. The molecule has 0 radical (unpaired) electrons. The summed E-state index contributed by atoms with van der Waals surface area (Å²) >= 11 is 0. The number of likely N-dealkylation sites (N-methyl/N-ethyl adjacent to an activating group) is 1. The standard InChI is InChI=1S/C11H15N5O2/c1-15-3-2-4-16(7-10(15)17)11(18)8-5-14-9(12)6-13-8/h5-6H,2-4,7H2,1H3,(H2,12,14). The van der Waals surface area contributed by atoms with Crippen LogP contribution in [0.5, 0.6) is 0 Å². The van der Waals surface area contributed by atoms with Crippen LogP contribution in [0.1, 0.15) is 16.9 Å². The lowest BCUT2D eigenvalue weighted by atomic mass is 10.3. The third-order valence-electron chi connectivity index (χ3n) is 2.85. The van der Waals surface area contributed by atoms with Crippen LogP contribution in [0.2, 0.25) is 0 Å². The second kappa shape index (κ2) is 4.99. The highest BCUT2D eigenvalue weighted by molar-refractivity contribution is 5.94. The largest absolute Gasteiger partial charge is 0.382 e. The SMILES string of the molecule is CN1CCCN(C(=O)c2cnc(N)cn2)CC1=O. The fourth-order valence-corrected chi connectivity index (χ4v) is 1.77. The molecule has 96 valence electrons. The average molecular weight is 249 g/mol. The van der Waals surface area contributed by atoms with Crippen LogP contribution in [0.3, 0.4) is 0 Å². The van der Waals surface area contributed by atoms with Gasteiger partial charge in [-0.15, -0.1) is 0 Å². The Kier molecular flexibility index (Phi) is 3.40. The van der Waals surface area contributed by atoms with Gasteiger partial charge >= 0.3 is 0 Å². The molecule has 2 N–H and O–H groups in total. The highest BCUT2D eigenvalue weighted by Crippen LogP contribution is 2.07. The first-order valence-corrected chi connectivity index (χ1v) is 5.68. The van der Waals surface area contributed by atoms with Gasteiger partial charge in [-0.25, -0.2) is 9.97 Å². The first-order chi connectivity index (χ1) is 8.58. The predicted molar refractivity (Wildman–Crippen MR) is 64.6 cm³/mol. The van der Waals surface area contributed by atoms with Crippen LogP contribution in [0.15, 0.2) is 12.4 Å². The molecule has 0 aliphatic carbocycles. The van der Waals surface area contributed by atoms with E-state index >= 15 is 0 Å². The summed E-state index contributed by atoms with van der Waals surface area (Å²) < 4.78 is 0. The fraction of sp³-hybridized carbons (Fsp3) is 0.455. The maximum Gasteiger partial charge on any atom is 0.274 e. The summed E-state index contributed by atoms with van der Waals surface area (Å²) in [6.07, 6.45) is 3.42. The van der Waals surface area contributed by atoms with Gasteiger partial charge in [0.15, 0.2) is 0 Å². The van der Waals surface area contributed by atoms with Crippen molar-refractivity contribution in [1.29, 1.82) is 0 Å². The Hall–Kier alpha value is -2.18. The summed E-state index contributed by atoms with van der Waals surface area (Å²) in [7, 11) is 1.74. The number of nitrogens with two attached hydrogens (primary N) is 1. The van der Waals surface area contributed by atoms with Gasteiger partial charge in [0.05, 0.1) is 12.4 Å². The Morgan fingerprint density at radius 2 is 2.11 bits per heavy atom. The molecular weight excluding hydrogens is 234 g/mol. The molecule has 1 aromatic rings. The first-order valence-electron chi connectivity index (χ1n) is 5.68. The van der Waals surface area contributed by atoms with E-state index in [4.69, 9.17) is 5.73 Å². The van der Waals surface area contributed by atoms with Crippen LogP contribution in [0.4, 0.5) is 5.82 Å². The van der Waals surface area contributed by atoms with E-state index in [1.54, 1.807) is 11.9 Å². The molecule has 1 aromatic heterocycles. The molecule has 0 saturated carbocycles. The fourth-order valence-electron chi connectivity index (χ4n) is 1.77. The number of carbonyl (C=O) groups is 2. The quantitative estimate of drug-likeness (QED) is 0.715. The average Bonchev–Trinajstić information content (AvgIpc) is 2.52. The normalized spacial score (nSPS) is 16.6. The third kappa shape index (κ3) is 2.55. The number of amides is 2. The lowest BCUT2D eigenvalue weighted by molar-refractivity contribution is -0.129. The Labute approximate surface area is 105 Å². The zero-order valence-corrected chi connectivity index (χ0v) is 10.2. The van der Waals surface area contributed by atoms with Crippen molar-refractivity contribution in [2.24, 2.45) is 0 Å². The zero-order valence-electron chi connectivity index (χ0n) is 10.2. The van der Waals surface area contributed by atoms with E-state index in [2.05, 4.69) is 9.97 Å². The van der Waals surface area contributed by atoms with Gasteiger partial charge < -0.3 is 15.5 Å². The summed E-state index contributed by atoms with van der Waals surface area (Å²) in [4.78, 5) is 34.7. The smallest absolute Gasteiger partial charge is 0.274 e. The minimum atomic E-state index is -0.286. The molecule has 1 fully saturated rings. The number of anilines is 1. The highest BCUT2D eigenvalue weighted by Gasteiger charge is 2.24. The van der Waals surface area contributed by atoms with Crippen LogP contribution in [0.25, 0.3) is 0 Å². The Bertz CT molecular complexity index is 459. The summed E-state index contributed by atoms with van der Waals surface area (Å²) in [5.41, 5.74) is 5.62. The molecule has 2 heterocycles. The van der Waals surface area contributed by atoms with Crippen molar-refractivity contribution in [3.05, 3.63) is 18.1 Å². The second-order valence-corrected chi connectivity index (χ2v) is 4.22. The third-order valence-corrected chi connectivity index (χ3v) is 2.85. The van der Waals surface area contributed by atoms with Crippen molar-refractivity contribution >= 4 is 17.6 Å². The van der Waals surface area contributed by atoms with E-state index < -0.39 is 0 Å². The predicted octanol–water partition coefficient (Wildman–Crippen LogP) is -0.637. The Balaban J connectivity index is 2.13. The molecule has 7 nitrogen and oxygen atoms in total. The molecule has 0 spiro atoms. The second-order valence-electron chi connectivity index (χ2n) is 4.22. The molecule has 0 unspecified atom stereocenters. The topological polar surface area (TPSA) is 92.4 Å². The van der Waals surface area contributed by atoms with Gasteiger partial charge in [0.1, 0.15) is 18.1 Å². The van der Waals surface area contributed by atoms with Crippen molar-refractivity contribution in [2.75, 3.05) is 32.4 Å². The maximum atomic E-state index is 12.1. The molecule has 1 aliphatic rings. The summed E-state index contributed by atoms with van der Waals surface area (Å²) in [6.45, 7) is 1.29. The van der Waals surface area contributed by atoms with Gasteiger partial charge in [-0.1, -0.05) is 0 Å². The molecule has 0 bridgehead atoms. The number of hydrogen-bond acceptors (Lipinski definition) is 5. The molecule has 18 heavy (non-hydrogen) atoms. The number of aromatic nitrogens is 2. The van der Waals surface area contributed by atoms with Gasteiger partial charge in [-0.2, -0.15) is 0 Å². The first kappa shape index (κ1) is 12.3. The zero-order chi connectivity index (χ0) is 13.1. The summed E-state index contributed by atoms with van der Waals surface area (Å²) in [5, 5.41) is 0. The Morgan fingerprint density at radius 1 is 1.33 bits per heavy atom. The lowest BCUT2D eigenvalue weighted by Crippen LogP contribution is -2.38. The van der Waals surface area contributed by atoms with Crippen molar-refractivity contribution in [3.63, 3.8) is 0 Å². The number of nitrogen functional groups attached to an aromatic ring is 1. The minimum Gasteiger partial charge on any atom is -0.382 e. The van der Waals surface area contributed by atoms with E-state index in [-0.39, 0.29) is 29.9 Å². The minimum absolute atomic E-state index is 0.0655. The number of rotatable bonds is 1. The lowest BCUT2D eigenvalue weighted by Gasteiger charge is -2.19. The van der Waals surface area contributed by atoms with Crippen LogP contribution in [-0.4, -0.2) is 58.3 Å². The molecular formula is C11H15N5O2. The van der Waals surface area contributed by atoms with Crippen molar-refractivity contribution < 1.29 is 9.59 Å². The number of hydrogen-bond donors (Lipinski definition) is 1. The van der Waals surface area contributed by atoms with E-state index in [0.29, 0.717) is 13.1 Å². The van der Waals surface area contributed by atoms with Crippen LogP contribution < -0.4 is 5.73 Å². The molecule has 7 heteroatoms. The summed E-state index contributed by atoms with van der Waals surface area (Å²) in [6, 6.07) is 0. The van der Waals surface area contributed by atoms with E-state index in [0.717, 1.165) is 6.42 Å². The number of nitrogens with zero attached hydrogens (tertiary/aromatic N) is 4. The Morgan fingerprint density at radius 3 is 2.78 bits per heavy atom. The van der Waals surface area contributed by atoms with Gasteiger partial charge in [-0.3, -0.25) is 9.59 Å². The molecule has 2 rings (SSSR count). The van der Waals surface area contributed by atoms with Crippen molar-refractivity contribution in [3.8, 4) is 0 Å². The molecule has 0 atom stereocenters. The number of carbonyl (C=O) groups excluding carboxylic acids is 2. The van der Waals surface area contributed by atoms with Gasteiger partial charge in [0, 0.05) is 20.1 Å². The van der Waals surface area contributed by atoms with E-state index in [9.17, 15) is 9.59 Å². The van der Waals surface area contributed by atoms with Crippen molar-refractivity contribution in [1.82, 2.24) is 19.8 Å². The van der Waals surface area contributed by atoms with Gasteiger partial charge in [-0.05, 0) is 6.42 Å². The van der Waals surface area contributed by atoms with Crippen LogP contribution in [-0.2, 0) is 4.79 Å². The van der Waals surface area contributed by atoms with E-state index in [1.165, 1.54) is 17.3 Å². The molecule has 2 amide bonds. The molecule has 0 aromatic carbocycles. The van der Waals surface area contributed by atoms with E-state index in [1.807, 2.05) is 0 Å². The van der Waals surface area contributed by atoms with Crippen LogP contribution >= 0.6 is 0 Å². The van der Waals surface area contributed by atoms with Gasteiger partial charge in [0.2, 0.25) is 5.91 Å². The van der Waals surface area contributed by atoms with Gasteiger partial charge in [0.25, 0.3) is 5.91 Å². The monoisotopic (exact) mass is 249 g/mol.